The lowest BCUT2D eigenvalue weighted by Crippen LogP contribution is -2.38. The van der Waals surface area contributed by atoms with Crippen LogP contribution in [0.2, 0.25) is 0 Å². The summed E-state index contributed by atoms with van der Waals surface area (Å²) >= 11 is 0. The quantitative estimate of drug-likeness (QED) is 0.299. The van der Waals surface area contributed by atoms with E-state index in [1.165, 1.54) is 12.7 Å². The highest BCUT2D eigenvalue weighted by Gasteiger charge is 2.46. The summed E-state index contributed by atoms with van der Waals surface area (Å²) in [4.78, 5) is 23.2. The molecule has 6 unspecified atom stereocenters. The minimum Gasteiger partial charge on any atom is -0.480 e. The molecular weight excluding hydrogens is 394 g/mol. The number of nitrogens with zero attached hydrogens (tertiary/aromatic N) is 4. The van der Waals surface area contributed by atoms with E-state index in [-0.39, 0.29) is 25.3 Å². The summed E-state index contributed by atoms with van der Waals surface area (Å²) in [6.07, 6.45) is 5.65. The fraction of sp³-hybridized carbons (Fsp3) is 0.556. The molecule has 30 heavy (non-hydrogen) atoms. The Morgan fingerprint density at radius 3 is 2.83 bits per heavy atom. The molecule has 0 saturated carbocycles. The monoisotopic (exact) mass is 419 g/mol. The smallest absolute Gasteiger partial charge is 0.320 e. The number of carboxylic acids is 1. The molecule has 1 fully saturated rings. The number of anilines is 1. The number of carbonyl (C=O) groups is 1. The minimum absolute atomic E-state index is 0.0302. The van der Waals surface area contributed by atoms with Crippen molar-refractivity contribution in [2.45, 2.75) is 55.9 Å². The molecule has 0 amide bonds. The van der Waals surface area contributed by atoms with Crippen molar-refractivity contribution in [3.05, 3.63) is 12.7 Å². The molecule has 2 aromatic rings. The summed E-state index contributed by atoms with van der Waals surface area (Å²) in [5, 5.41) is 19.7. The van der Waals surface area contributed by atoms with Crippen LogP contribution in [0.15, 0.2) is 12.7 Å². The van der Waals surface area contributed by atoms with Crippen molar-refractivity contribution in [2.24, 2.45) is 11.5 Å². The Morgan fingerprint density at radius 1 is 1.37 bits per heavy atom. The molecule has 1 aliphatic heterocycles. The van der Waals surface area contributed by atoms with Crippen LogP contribution < -0.4 is 17.2 Å². The van der Waals surface area contributed by atoms with Gasteiger partial charge in [0.25, 0.3) is 0 Å². The summed E-state index contributed by atoms with van der Waals surface area (Å²) in [5.74, 6) is 1.50. The van der Waals surface area contributed by atoms with Gasteiger partial charge in [-0.05, 0) is 19.3 Å². The van der Waals surface area contributed by atoms with Crippen molar-refractivity contribution >= 4 is 23.0 Å². The standard InChI is InChI=1S/C18H25N7O5/c1-2-5-29-14-13(26)11(6-9(19)3-4-10(20)18(27)28)30-17(14)25-8-24-12-15(21)22-7-23-16(12)25/h1,7-11,13-14,17,26H,3-6,19-20H2,(H,27,28)(H2,21,22,23). The van der Waals surface area contributed by atoms with Crippen LogP contribution in [-0.4, -0.2) is 72.7 Å². The van der Waals surface area contributed by atoms with Gasteiger partial charge in [0.15, 0.2) is 17.7 Å². The number of nitrogen functional groups attached to an aromatic ring is 1. The molecule has 6 atom stereocenters. The number of aromatic nitrogens is 4. The summed E-state index contributed by atoms with van der Waals surface area (Å²) in [7, 11) is 0. The van der Waals surface area contributed by atoms with Crippen LogP contribution in [0.4, 0.5) is 5.82 Å². The van der Waals surface area contributed by atoms with Gasteiger partial charge >= 0.3 is 5.97 Å². The normalized spacial score (nSPS) is 25.8. The van der Waals surface area contributed by atoms with E-state index < -0.39 is 42.6 Å². The van der Waals surface area contributed by atoms with Gasteiger partial charge in [-0.2, -0.15) is 0 Å². The molecule has 0 bridgehead atoms. The van der Waals surface area contributed by atoms with E-state index in [2.05, 4.69) is 20.9 Å². The number of rotatable bonds is 9. The van der Waals surface area contributed by atoms with Crippen LogP contribution in [0.25, 0.3) is 11.2 Å². The molecule has 1 aliphatic rings. The van der Waals surface area contributed by atoms with Gasteiger partial charge in [0.1, 0.15) is 36.7 Å². The number of hydrogen-bond donors (Lipinski definition) is 5. The molecule has 0 aromatic carbocycles. The zero-order valence-electron chi connectivity index (χ0n) is 16.2. The number of aliphatic hydroxyl groups is 1. The largest absolute Gasteiger partial charge is 0.480 e. The van der Waals surface area contributed by atoms with Gasteiger partial charge in [-0.15, -0.1) is 6.42 Å². The molecule has 0 aliphatic carbocycles. The maximum atomic E-state index is 10.9. The van der Waals surface area contributed by atoms with E-state index in [0.29, 0.717) is 17.6 Å². The average molecular weight is 419 g/mol. The van der Waals surface area contributed by atoms with E-state index in [1.54, 1.807) is 4.57 Å². The maximum absolute atomic E-state index is 10.9. The first-order chi connectivity index (χ1) is 14.3. The molecule has 3 rings (SSSR count). The number of aliphatic hydroxyl groups excluding tert-OH is 1. The van der Waals surface area contributed by atoms with Crippen molar-refractivity contribution in [1.82, 2.24) is 19.5 Å². The second kappa shape index (κ2) is 9.33. The predicted molar refractivity (Wildman–Crippen MR) is 106 cm³/mol. The topological polar surface area (TPSA) is 198 Å². The lowest BCUT2D eigenvalue weighted by atomic mass is 9.98. The third-order valence-electron chi connectivity index (χ3n) is 5.03. The molecule has 0 radical (unpaired) electrons. The van der Waals surface area contributed by atoms with Crippen LogP contribution in [-0.2, 0) is 14.3 Å². The molecule has 12 nitrogen and oxygen atoms in total. The fourth-order valence-electron chi connectivity index (χ4n) is 3.45. The van der Waals surface area contributed by atoms with Gasteiger partial charge in [-0.3, -0.25) is 9.36 Å². The van der Waals surface area contributed by atoms with Crippen molar-refractivity contribution in [1.29, 1.82) is 0 Å². The molecule has 1 saturated heterocycles. The van der Waals surface area contributed by atoms with Gasteiger partial charge in [-0.25, -0.2) is 15.0 Å². The van der Waals surface area contributed by atoms with Crippen LogP contribution in [0.3, 0.4) is 0 Å². The van der Waals surface area contributed by atoms with E-state index >= 15 is 0 Å². The van der Waals surface area contributed by atoms with Crippen LogP contribution in [0.1, 0.15) is 25.5 Å². The van der Waals surface area contributed by atoms with Gasteiger partial charge in [0, 0.05) is 6.04 Å². The zero-order chi connectivity index (χ0) is 21.8. The summed E-state index contributed by atoms with van der Waals surface area (Å²) < 4.78 is 13.3. The second-order valence-electron chi connectivity index (χ2n) is 7.14. The van der Waals surface area contributed by atoms with Gasteiger partial charge in [0.2, 0.25) is 0 Å². The van der Waals surface area contributed by atoms with E-state index in [1.807, 2.05) is 0 Å². The highest BCUT2D eigenvalue weighted by molar-refractivity contribution is 5.81. The number of ether oxygens (including phenoxy) is 2. The van der Waals surface area contributed by atoms with E-state index in [9.17, 15) is 9.90 Å². The lowest BCUT2D eigenvalue weighted by Gasteiger charge is -2.21. The molecule has 3 heterocycles. The molecular formula is C18H25N7O5. The second-order valence-corrected chi connectivity index (χ2v) is 7.14. The fourth-order valence-corrected chi connectivity index (χ4v) is 3.45. The van der Waals surface area contributed by atoms with Crippen LogP contribution in [0.5, 0.6) is 0 Å². The van der Waals surface area contributed by atoms with E-state index in [0.717, 1.165) is 0 Å². The third-order valence-corrected chi connectivity index (χ3v) is 5.03. The SMILES string of the molecule is C#CCOC1C(O)C(CC(N)CCC(N)C(=O)O)OC1n1cnc2c(N)ncnc21. The molecule has 12 heteroatoms. The summed E-state index contributed by atoms with van der Waals surface area (Å²) in [6, 6.07) is -1.42. The molecule has 2 aromatic heterocycles. The Kier molecular flexibility index (Phi) is 6.80. The number of nitrogens with two attached hydrogens (primary N) is 3. The molecule has 162 valence electrons. The number of imidazole rings is 1. The predicted octanol–water partition coefficient (Wildman–Crippen LogP) is -1.41. The highest BCUT2D eigenvalue weighted by atomic mass is 16.6. The highest BCUT2D eigenvalue weighted by Crippen LogP contribution is 2.35. The number of aliphatic carboxylic acids is 1. The first kappa shape index (κ1) is 21.9. The Bertz CT molecular complexity index is 929. The van der Waals surface area contributed by atoms with Gasteiger partial charge in [0.05, 0.1) is 12.4 Å². The Labute approximate surface area is 172 Å². The van der Waals surface area contributed by atoms with Crippen molar-refractivity contribution in [2.75, 3.05) is 12.3 Å². The van der Waals surface area contributed by atoms with Crippen molar-refractivity contribution < 1.29 is 24.5 Å². The Hall–Kier alpha value is -2.82. The third kappa shape index (κ3) is 4.50. The Morgan fingerprint density at radius 2 is 2.13 bits per heavy atom. The van der Waals surface area contributed by atoms with Crippen LogP contribution in [0, 0.1) is 12.3 Å². The maximum Gasteiger partial charge on any atom is 0.320 e. The molecule has 0 spiro atoms. The Balaban J connectivity index is 1.77. The summed E-state index contributed by atoms with van der Waals surface area (Å²) in [6.45, 7) is -0.0302. The first-order valence-corrected chi connectivity index (χ1v) is 9.39. The molecule has 8 N–H and O–H groups in total. The zero-order valence-corrected chi connectivity index (χ0v) is 16.2. The van der Waals surface area contributed by atoms with Gasteiger partial charge in [-0.1, -0.05) is 5.92 Å². The number of carboxylic acid groups (broad SMARTS) is 1. The average Bonchev–Trinajstić information content (AvgIpc) is 3.27. The van der Waals surface area contributed by atoms with Crippen molar-refractivity contribution in [3.8, 4) is 12.3 Å². The van der Waals surface area contributed by atoms with Crippen molar-refractivity contribution in [3.63, 3.8) is 0 Å². The minimum atomic E-state index is -1.09. The van der Waals surface area contributed by atoms with E-state index in [4.69, 9.17) is 38.2 Å². The lowest BCUT2D eigenvalue weighted by molar-refractivity contribution is -0.138. The summed E-state index contributed by atoms with van der Waals surface area (Å²) in [5.41, 5.74) is 18.3. The first-order valence-electron chi connectivity index (χ1n) is 9.39. The number of terminal acetylenes is 1. The van der Waals surface area contributed by atoms with Gasteiger partial charge < -0.3 is 36.9 Å². The number of hydrogen-bond acceptors (Lipinski definition) is 10. The number of fused-ring (bicyclic) bond motifs is 1. The van der Waals surface area contributed by atoms with Crippen LogP contribution >= 0.6 is 0 Å².